The van der Waals surface area contributed by atoms with E-state index in [0.29, 0.717) is 16.5 Å². The van der Waals surface area contributed by atoms with Gasteiger partial charge < -0.3 is 10.4 Å². The van der Waals surface area contributed by atoms with E-state index in [0.717, 1.165) is 13.0 Å². The Morgan fingerprint density at radius 1 is 1.35 bits per heavy atom. The van der Waals surface area contributed by atoms with E-state index in [1.165, 1.54) is 36.8 Å². The van der Waals surface area contributed by atoms with Crippen molar-refractivity contribution in [2.45, 2.75) is 56.7 Å². The maximum absolute atomic E-state index is 9.62. The van der Waals surface area contributed by atoms with Gasteiger partial charge in [0.2, 0.25) is 0 Å². The molecule has 2 nitrogen and oxygen atoms in total. The minimum Gasteiger partial charge on any atom is -0.508 e. The molecule has 0 aliphatic heterocycles. The summed E-state index contributed by atoms with van der Waals surface area (Å²) in [5.41, 5.74) is 2.70. The van der Waals surface area contributed by atoms with E-state index >= 15 is 0 Å². The Bertz CT molecular complexity index is 434. The second-order valence-corrected chi connectivity index (χ2v) is 7.08. The zero-order chi connectivity index (χ0) is 14.6. The van der Waals surface area contributed by atoms with Crippen LogP contribution in [0.3, 0.4) is 0 Å². The van der Waals surface area contributed by atoms with Crippen molar-refractivity contribution in [3.63, 3.8) is 0 Å². The van der Waals surface area contributed by atoms with Crippen LogP contribution >= 0.6 is 11.8 Å². The van der Waals surface area contributed by atoms with Crippen LogP contribution in [0.2, 0.25) is 0 Å². The van der Waals surface area contributed by atoms with Gasteiger partial charge in [0.25, 0.3) is 0 Å². The number of phenols is 1. The molecule has 1 atom stereocenters. The summed E-state index contributed by atoms with van der Waals surface area (Å²) in [6.07, 6.45) is 8.13. The number of nitrogens with one attached hydrogen (secondary N) is 1. The van der Waals surface area contributed by atoms with Gasteiger partial charge in [-0.1, -0.05) is 19.9 Å². The molecule has 2 N–H and O–H groups in total. The highest BCUT2D eigenvalue weighted by Gasteiger charge is 2.27. The molecular weight excluding hydrogens is 266 g/mol. The van der Waals surface area contributed by atoms with Gasteiger partial charge in [0, 0.05) is 17.3 Å². The third kappa shape index (κ3) is 3.32. The fraction of sp³-hybridized carbons (Fsp3) is 0.647. The van der Waals surface area contributed by atoms with E-state index in [1.807, 2.05) is 23.9 Å². The van der Waals surface area contributed by atoms with Crippen molar-refractivity contribution in [2.24, 2.45) is 0 Å². The van der Waals surface area contributed by atoms with E-state index in [9.17, 15) is 5.11 Å². The van der Waals surface area contributed by atoms with Crippen molar-refractivity contribution in [1.82, 2.24) is 5.32 Å². The summed E-state index contributed by atoms with van der Waals surface area (Å²) in [5.74, 6) is 0.393. The lowest BCUT2D eigenvalue weighted by molar-refractivity contribution is 0.408. The molecule has 3 heteroatoms. The number of benzene rings is 1. The Hall–Kier alpha value is -0.670. The molecular formula is C17H27NOS. The Kier molecular flexibility index (Phi) is 5.39. The van der Waals surface area contributed by atoms with E-state index in [2.05, 4.69) is 31.5 Å². The Balaban J connectivity index is 2.09. The maximum atomic E-state index is 9.62. The molecule has 0 heterocycles. The highest BCUT2D eigenvalue weighted by molar-refractivity contribution is 8.00. The quantitative estimate of drug-likeness (QED) is 0.821. The van der Waals surface area contributed by atoms with E-state index in [4.69, 9.17) is 0 Å². The van der Waals surface area contributed by atoms with Gasteiger partial charge in [-0.15, -0.1) is 0 Å². The van der Waals surface area contributed by atoms with Crippen molar-refractivity contribution in [2.75, 3.05) is 12.8 Å². The first-order chi connectivity index (χ1) is 9.64. The number of hydrogen-bond donors (Lipinski definition) is 2. The Morgan fingerprint density at radius 3 is 2.75 bits per heavy atom. The predicted octanol–water partition coefficient (Wildman–Crippen LogP) is 4.28. The average molecular weight is 293 g/mol. The number of thioether (sulfide) groups is 1. The predicted molar refractivity (Wildman–Crippen MR) is 88.6 cm³/mol. The molecule has 1 aromatic rings. The van der Waals surface area contributed by atoms with Crippen molar-refractivity contribution < 1.29 is 5.11 Å². The molecule has 112 valence electrons. The Labute approximate surface area is 127 Å². The molecule has 20 heavy (non-hydrogen) atoms. The smallest absolute Gasteiger partial charge is 0.115 e. The minimum atomic E-state index is 0.356. The Morgan fingerprint density at radius 2 is 2.10 bits per heavy atom. The van der Waals surface area contributed by atoms with Gasteiger partial charge in [0.05, 0.1) is 0 Å². The van der Waals surface area contributed by atoms with Crippen LogP contribution in [0, 0.1) is 0 Å². The van der Waals surface area contributed by atoms with E-state index in [-0.39, 0.29) is 0 Å². The molecule has 0 radical (unpaired) electrons. The van der Waals surface area contributed by atoms with Gasteiger partial charge >= 0.3 is 0 Å². The molecule has 1 aliphatic rings. The lowest BCUT2D eigenvalue weighted by atomic mass is 9.87. The van der Waals surface area contributed by atoms with Crippen LogP contribution < -0.4 is 5.32 Å². The van der Waals surface area contributed by atoms with Crippen molar-refractivity contribution in [3.8, 4) is 5.75 Å². The molecule has 1 aromatic carbocycles. The summed E-state index contributed by atoms with van der Waals surface area (Å²) in [7, 11) is 0. The topological polar surface area (TPSA) is 32.3 Å². The van der Waals surface area contributed by atoms with Crippen LogP contribution in [0.4, 0.5) is 0 Å². The third-order valence-corrected chi connectivity index (χ3v) is 6.42. The van der Waals surface area contributed by atoms with Gasteiger partial charge in [-0.2, -0.15) is 11.8 Å². The van der Waals surface area contributed by atoms with Crippen LogP contribution in [-0.4, -0.2) is 22.7 Å². The zero-order valence-electron chi connectivity index (χ0n) is 12.9. The number of fused-ring (bicyclic) bond motifs is 1. The van der Waals surface area contributed by atoms with Gasteiger partial charge in [-0.25, -0.2) is 0 Å². The van der Waals surface area contributed by atoms with Crippen LogP contribution in [0.1, 0.15) is 56.7 Å². The van der Waals surface area contributed by atoms with Crippen LogP contribution in [0.5, 0.6) is 5.75 Å². The summed E-state index contributed by atoms with van der Waals surface area (Å²) in [6, 6.07) is 6.30. The summed E-state index contributed by atoms with van der Waals surface area (Å²) in [5, 5.41) is 13.4. The fourth-order valence-electron chi connectivity index (χ4n) is 3.18. The molecule has 0 fully saturated rings. The molecule has 1 aliphatic carbocycles. The van der Waals surface area contributed by atoms with Crippen LogP contribution in [0.25, 0.3) is 0 Å². The minimum absolute atomic E-state index is 0.356. The zero-order valence-corrected chi connectivity index (χ0v) is 13.7. The number of phenolic OH excluding ortho intramolecular Hbond substituents is 1. The monoisotopic (exact) mass is 293 g/mol. The average Bonchev–Trinajstić information content (AvgIpc) is 2.49. The number of hydrogen-bond acceptors (Lipinski definition) is 3. The van der Waals surface area contributed by atoms with Gasteiger partial charge in [-0.05, 0) is 61.6 Å². The lowest BCUT2D eigenvalue weighted by Crippen LogP contribution is -2.39. The molecule has 2 rings (SSSR count). The molecule has 0 bridgehead atoms. The highest BCUT2D eigenvalue weighted by Crippen LogP contribution is 2.34. The molecule has 0 saturated heterocycles. The number of aromatic hydroxyl groups is 1. The number of rotatable bonds is 6. The third-order valence-electron chi connectivity index (χ3n) is 4.83. The summed E-state index contributed by atoms with van der Waals surface area (Å²) in [4.78, 5) is 0. The van der Waals surface area contributed by atoms with Gasteiger partial charge in [0.15, 0.2) is 0 Å². The molecule has 1 unspecified atom stereocenters. The maximum Gasteiger partial charge on any atom is 0.115 e. The van der Waals surface area contributed by atoms with E-state index in [1.54, 1.807) is 0 Å². The summed E-state index contributed by atoms with van der Waals surface area (Å²) >= 11 is 1.99. The first kappa shape index (κ1) is 15.7. The highest BCUT2D eigenvalue weighted by atomic mass is 32.2. The van der Waals surface area contributed by atoms with Crippen molar-refractivity contribution in [1.29, 1.82) is 0 Å². The molecule has 0 saturated carbocycles. The van der Waals surface area contributed by atoms with Gasteiger partial charge in [-0.3, -0.25) is 0 Å². The van der Waals surface area contributed by atoms with E-state index < -0.39 is 0 Å². The molecule has 0 aromatic heterocycles. The second-order valence-electron chi connectivity index (χ2n) is 5.80. The fourth-order valence-corrected chi connectivity index (χ4v) is 3.99. The second kappa shape index (κ2) is 6.86. The summed E-state index contributed by atoms with van der Waals surface area (Å²) in [6.45, 7) is 5.63. The van der Waals surface area contributed by atoms with Crippen molar-refractivity contribution >= 4 is 11.8 Å². The summed E-state index contributed by atoms with van der Waals surface area (Å²) < 4.78 is 0.356. The van der Waals surface area contributed by atoms with Crippen LogP contribution in [0.15, 0.2) is 18.2 Å². The SMILES string of the molecule is CCC(CC)(CNC1CCCc2cc(O)ccc21)SC. The molecule has 0 spiro atoms. The molecule has 0 amide bonds. The number of aryl methyl sites for hydroxylation is 1. The largest absolute Gasteiger partial charge is 0.508 e. The van der Waals surface area contributed by atoms with Gasteiger partial charge in [0.1, 0.15) is 5.75 Å². The van der Waals surface area contributed by atoms with Crippen LogP contribution in [-0.2, 0) is 6.42 Å². The first-order valence-corrected chi connectivity index (χ1v) is 8.97. The van der Waals surface area contributed by atoms with Crippen molar-refractivity contribution in [3.05, 3.63) is 29.3 Å². The standard InChI is InChI=1S/C17H27NOS/c1-4-17(5-2,20-3)12-18-16-8-6-7-13-11-14(19)9-10-15(13)16/h9-11,16,18-19H,4-8,12H2,1-3H3. The normalized spacial score (nSPS) is 18.9. The lowest BCUT2D eigenvalue weighted by Gasteiger charge is -2.34. The first-order valence-electron chi connectivity index (χ1n) is 7.74.